The van der Waals surface area contributed by atoms with Gasteiger partial charge in [0.25, 0.3) is 5.91 Å². The zero-order chi connectivity index (χ0) is 98.2. The fraction of sp³-hybridized carbons (Fsp3) is 0.365. The summed E-state index contributed by atoms with van der Waals surface area (Å²) in [4.78, 5) is 101. The molecule has 11 aromatic carbocycles. The zero-order valence-corrected chi connectivity index (χ0v) is 80.1. The Balaban J connectivity index is 0.634. The molecule has 3 amide bonds. The van der Waals surface area contributed by atoms with Crippen LogP contribution in [0.25, 0.3) is 66.1 Å². The highest BCUT2D eigenvalue weighted by Gasteiger charge is 2.20. The van der Waals surface area contributed by atoms with E-state index in [4.69, 9.17) is 58.9 Å². The average molecular weight is 1890 g/mol. The van der Waals surface area contributed by atoms with Crippen LogP contribution in [0.5, 0.6) is 23.0 Å². The molecule has 0 unspecified atom stereocenters. The summed E-state index contributed by atoms with van der Waals surface area (Å²) in [6, 6.07) is 87.6. The molecule has 0 saturated heterocycles. The van der Waals surface area contributed by atoms with Gasteiger partial charge in [-0.3, -0.25) is 33.6 Å². The molecule has 11 rings (SSSR count). The van der Waals surface area contributed by atoms with E-state index in [-0.39, 0.29) is 165 Å². The third kappa shape index (κ3) is 39.0. The van der Waals surface area contributed by atoms with Crippen molar-refractivity contribution in [1.29, 1.82) is 21.0 Å². The molecule has 0 atom stereocenters. The molecule has 140 heavy (non-hydrogen) atoms. The minimum Gasteiger partial charge on any atom is -0.494 e. The first-order valence-electron chi connectivity index (χ1n) is 49.1. The number of nitrogens with one attached hydrogen (secondary N) is 3. The fourth-order valence-electron chi connectivity index (χ4n) is 15.9. The van der Waals surface area contributed by atoms with Crippen molar-refractivity contribution in [3.05, 3.63) is 277 Å². The summed E-state index contributed by atoms with van der Waals surface area (Å²) < 4.78 is 46.7. The Morgan fingerprint density at radius 1 is 0.236 bits per heavy atom. The number of nitriles is 4. The topological polar surface area (TPSA) is 334 Å². The highest BCUT2D eigenvalue weighted by atomic mass is 16.5. The number of nitrogens with zero attached hydrogens (tertiary/aromatic N) is 7. The van der Waals surface area contributed by atoms with Crippen LogP contribution in [0.2, 0.25) is 0 Å². The number of carbonyl (C=O) groups is 7. The minimum absolute atomic E-state index is 0.0464. The minimum atomic E-state index is -0.376. The van der Waals surface area contributed by atoms with Crippen molar-refractivity contribution >= 4 is 63.1 Å². The largest absolute Gasteiger partial charge is 0.494 e. The summed E-state index contributed by atoms with van der Waals surface area (Å²) in [5.41, 5.74) is 11.1. The summed E-state index contributed by atoms with van der Waals surface area (Å²) in [7, 11) is 0. The maximum Gasteiger partial charge on any atom is 0.307 e. The molecule has 25 nitrogen and oxygen atoms in total. The van der Waals surface area contributed by atoms with Gasteiger partial charge in [0.05, 0.1) is 125 Å². The first kappa shape index (κ1) is 106. The molecule has 0 spiro atoms. The number of rotatable bonds is 64. The second-order valence-electron chi connectivity index (χ2n) is 34.5. The van der Waals surface area contributed by atoms with Gasteiger partial charge in [-0.15, -0.1) is 0 Å². The molecule has 0 heterocycles. The van der Waals surface area contributed by atoms with Crippen molar-refractivity contribution in [3.63, 3.8) is 0 Å². The van der Waals surface area contributed by atoms with Crippen LogP contribution in [-0.2, 0) is 47.7 Å². The van der Waals surface area contributed by atoms with E-state index in [0.29, 0.717) is 99.6 Å². The number of hydrogen-bond donors (Lipinski definition) is 3. The van der Waals surface area contributed by atoms with Gasteiger partial charge in [-0.25, -0.2) is 0 Å². The van der Waals surface area contributed by atoms with E-state index < -0.39 is 0 Å². The smallest absolute Gasteiger partial charge is 0.307 e. The molecule has 0 aromatic heterocycles. The van der Waals surface area contributed by atoms with Crippen molar-refractivity contribution in [2.24, 2.45) is 0 Å². The van der Waals surface area contributed by atoms with Gasteiger partial charge < -0.3 is 68.5 Å². The lowest BCUT2D eigenvalue weighted by molar-refractivity contribution is -0.146. The van der Waals surface area contributed by atoms with Gasteiger partial charge in [0.1, 0.15) is 23.0 Å². The summed E-state index contributed by atoms with van der Waals surface area (Å²) >= 11 is 0. The highest BCUT2D eigenvalue weighted by molar-refractivity contribution is 6.03. The Morgan fingerprint density at radius 2 is 0.471 bits per heavy atom. The van der Waals surface area contributed by atoms with Crippen LogP contribution < -0.4 is 34.9 Å². The van der Waals surface area contributed by atoms with Crippen molar-refractivity contribution in [3.8, 4) is 91.8 Å². The zero-order valence-electron chi connectivity index (χ0n) is 80.1. The Morgan fingerprint density at radius 3 is 0.743 bits per heavy atom. The van der Waals surface area contributed by atoms with Crippen molar-refractivity contribution in [2.45, 2.75) is 141 Å². The van der Waals surface area contributed by atoms with Crippen LogP contribution in [0.1, 0.15) is 174 Å². The third-order valence-corrected chi connectivity index (χ3v) is 24.1. The van der Waals surface area contributed by atoms with Crippen molar-refractivity contribution < 1.29 is 71.5 Å². The van der Waals surface area contributed by atoms with Gasteiger partial charge in [-0.05, 0) is 290 Å². The first-order valence-corrected chi connectivity index (χ1v) is 49.1. The number of ether oxygens (including phenoxy) is 8. The normalized spacial score (nSPS) is 11.0. The molecule has 0 aliphatic carbocycles. The van der Waals surface area contributed by atoms with E-state index in [0.717, 1.165) is 166 Å². The number of amides is 3. The fourth-order valence-corrected chi connectivity index (χ4v) is 15.9. The molecule has 0 radical (unpaired) electrons. The van der Waals surface area contributed by atoms with E-state index >= 15 is 0 Å². The van der Waals surface area contributed by atoms with Crippen LogP contribution in [-0.4, -0.2) is 188 Å². The lowest BCUT2D eigenvalue weighted by atomic mass is 10.0. The van der Waals surface area contributed by atoms with Crippen LogP contribution in [0.3, 0.4) is 0 Å². The van der Waals surface area contributed by atoms with Gasteiger partial charge in [0.15, 0.2) is 0 Å². The maximum absolute atomic E-state index is 13.9. The van der Waals surface area contributed by atoms with E-state index in [1.165, 1.54) is 0 Å². The Labute approximate surface area is 822 Å². The molecular weight excluding hydrogens is 1760 g/mol. The molecule has 0 fully saturated rings. The maximum atomic E-state index is 13.9. The molecule has 0 bridgehead atoms. The molecule has 0 aliphatic heterocycles. The lowest BCUT2D eigenvalue weighted by Crippen LogP contribution is -2.41. The standard InChI is InChI=1S/C115H128N10O15/c116-84-88-21-29-92(30-22-88)96-39-47-105(48-40-96)133-73-11-1-5-15-77-137-111(128)57-66-124(67-58-112(129)138-78-16-6-2-12-74-134-106-49-41-97(42-50-106)93-31-23-89(85-117)24-32-93)70-61-120-109(126)55-64-123(72-63-122-115(132)103-38-37-102-81-100-19-9-10-20-101(100)82-104(102)83-103)65-56-110(127)121-62-71-125(68-59-113(130)139-79-17-7-3-13-75-135-107-51-43-98(44-52-107)94-33-25-90(86-118)26-34-94)69-60-114(131)140-80-18-8-4-14-76-136-108-53-45-99(46-54-108)95-35-27-91(87-119)28-36-95/h9-10,19-54,81-83H,1-8,11-18,55-80H2,(H,120,126)(H,121,127)(H,122,132). The number of carbonyl (C=O) groups excluding carboxylic acids is 7. The molecule has 11 aromatic rings. The van der Waals surface area contributed by atoms with Crippen LogP contribution in [0, 0.1) is 45.3 Å². The predicted molar refractivity (Wildman–Crippen MR) is 543 cm³/mol. The number of benzene rings is 11. The van der Waals surface area contributed by atoms with E-state index in [9.17, 15) is 33.6 Å². The van der Waals surface area contributed by atoms with Gasteiger partial charge in [-0.1, -0.05) is 127 Å². The molecule has 728 valence electrons. The number of fused-ring (bicyclic) bond motifs is 2. The van der Waals surface area contributed by atoms with Crippen LogP contribution >= 0.6 is 0 Å². The second-order valence-corrected chi connectivity index (χ2v) is 34.5. The quantitative estimate of drug-likeness (QED) is 0.0138. The van der Waals surface area contributed by atoms with Gasteiger partial charge in [0.2, 0.25) is 11.8 Å². The number of hydrogen-bond acceptors (Lipinski definition) is 22. The summed E-state index contributed by atoms with van der Waals surface area (Å²) in [5, 5.41) is 49.9. The van der Waals surface area contributed by atoms with E-state index in [2.05, 4.69) is 58.4 Å². The molecular formula is C115H128N10O15. The molecule has 0 saturated carbocycles. The summed E-state index contributed by atoms with van der Waals surface area (Å²) in [6.45, 7) is 6.24. The van der Waals surface area contributed by atoms with Crippen LogP contribution in [0.4, 0.5) is 0 Å². The molecule has 0 aliphatic rings. The highest BCUT2D eigenvalue weighted by Crippen LogP contribution is 2.30. The Kier molecular flexibility index (Phi) is 45.9. The van der Waals surface area contributed by atoms with Crippen molar-refractivity contribution in [1.82, 2.24) is 30.7 Å². The van der Waals surface area contributed by atoms with E-state index in [1.807, 2.05) is 191 Å². The third-order valence-electron chi connectivity index (χ3n) is 24.1. The molecule has 3 N–H and O–H groups in total. The molecule has 25 heteroatoms. The van der Waals surface area contributed by atoms with Gasteiger partial charge in [0, 0.05) is 96.9 Å². The van der Waals surface area contributed by atoms with Gasteiger partial charge in [-0.2, -0.15) is 21.0 Å². The predicted octanol–water partition coefficient (Wildman–Crippen LogP) is 20.1. The summed E-state index contributed by atoms with van der Waals surface area (Å²) in [6.07, 6.45) is 13.2. The van der Waals surface area contributed by atoms with E-state index in [1.54, 1.807) is 54.6 Å². The number of unbranched alkanes of at least 4 members (excludes halogenated alkanes) is 12. The monoisotopic (exact) mass is 1890 g/mol. The summed E-state index contributed by atoms with van der Waals surface area (Å²) in [5.74, 6) is 0.760. The van der Waals surface area contributed by atoms with Crippen molar-refractivity contribution in [2.75, 3.05) is 131 Å². The number of esters is 4. The average Bonchev–Trinajstić information content (AvgIpc) is 0.791. The second kappa shape index (κ2) is 60.8. The first-order chi connectivity index (χ1) is 68.6. The van der Waals surface area contributed by atoms with Gasteiger partial charge >= 0.3 is 23.9 Å². The van der Waals surface area contributed by atoms with Crippen LogP contribution in [0.15, 0.2) is 249 Å². The lowest BCUT2D eigenvalue weighted by Gasteiger charge is -2.24. The Hall–Kier alpha value is -14.7. The Bertz CT molecular complexity index is 5300. The SMILES string of the molecule is N#Cc1ccc(-c2ccc(OCCCCCCOC(=O)CCN(CCNC(=O)CCN(CCNC(=O)c3ccc4cc5ccccc5cc4c3)CCC(=O)NCCN(CCC(=O)OCCCCCCOc3ccc(-c4ccc(C#N)cc4)cc3)CCC(=O)OCCCCCCOc3ccc(-c4ccc(C#N)cc4)cc3)CCC(=O)OCCCCCCOc3ccc(-c4ccc(C#N)cc4)cc3)cc2)cc1.